The molecule has 5 heteroatoms. The van der Waals surface area contributed by atoms with E-state index in [4.69, 9.17) is 4.84 Å². The number of nitrogens with zero attached hydrogens (tertiary/aromatic N) is 1. The van der Waals surface area contributed by atoms with Crippen molar-refractivity contribution in [3.05, 3.63) is 35.6 Å². The van der Waals surface area contributed by atoms with Crippen molar-refractivity contribution in [2.45, 2.75) is 50.7 Å². The van der Waals surface area contributed by atoms with Gasteiger partial charge in [0.05, 0.1) is 5.71 Å². The minimum absolute atomic E-state index is 0.142. The highest BCUT2D eigenvalue weighted by Crippen LogP contribution is 2.21. The highest BCUT2D eigenvalue weighted by Gasteiger charge is 2.31. The second-order valence-corrected chi connectivity index (χ2v) is 5.66. The molecule has 1 aromatic rings. The summed E-state index contributed by atoms with van der Waals surface area (Å²) >= 11 is 0. The Bertz CT molecular complexity index is 553. The van der Waals surface area contributed by atoms with Gasteiger partial charge in [-0.2, -0.15) is 0 Å². The zero-order valence-corrected chi connectivity index (χ0v) is 11.8. The van der Waals surface area contributed by atoms with Crippen LogP contribution in [0.15, 0.2) is 29.4 Å². The average molecular weight is 290 g/mol. The summed E-state index contributed by atoms with van der Waals surface area (Å²) in [7, 11) is 0. The normalized spacial score (nSPS) is 22.5. The first-order valence-corrected chi connectivity index (χ1v) is 7.52. The number of halogens is 1. The van der Waals surface area contributed by atoms with Crippen molar-refractivity contribution in [3.63, 3.8) is 0 Å². The van der Waals surface area contributed by atoms with Gasteiger partial charge in [0.15, 0.2) is 0 Å². The van der Waals surface area contributed by atoms with Crippen LogP contribution >= 0.6 is 0 Å². The molecule has 112 valence electrons. The van der Waals surface area contributed by atoms with Crippen molar-refractivity contribution in [1.29, 1.82) is 0 Å². The number of benzene rings is 1. The number of oxime groups is 1. The van der Waals surface area contributed by atoms with E-state index in [9.17, 15) is 9.18 Å². The summed E-state index contributed by atoms with van der Waals surface area (Å²) in [5.74, 6) is -0.481. The van der Waals surface area contributed by atoms with Crippen molar-refractivity contribution in [2.24, 2.45) is 5.16 Å². The maximum Gasteiger partial charge on any atom is 0.264 e. The Labute approximate surface area is 123 Å². The predicted octanol–water partition coefficient (Wildman–Crippen LogP) is 2.77. The Morgan fingerprint density at radius 3 is 2.76 bits per heavy atom. The van der Waals surface area contributed by atoms with Gasteiger partial charge in [0.25, 0.3) is 5.91 Å². The molecule has 3 rings (SSSR count). The molecule has 21 heavy (non-hydrogen) atoms. The number of amides is 1. The van der Waals surface area contributed by atoms with Crippen LogP contribution in [0.5, 0.6) is 0 Å². The molecule has 0 aromatic heterocycles. The van der Waals surface area contributed by atoms with Crippen LogP contribution in [0, 0.1) is 5.82 Å². The van der Waals surface area contributed by atoms with Crippen molar-refractivity contribution in [3.8, 4) is 0 Å². The van der Waals surface area contributed by atoms with E-state index in [1.165, 1.54) is 12.5 Å². The molecule has 1 aromatic carbocycles. The van der Waals surface area contributed by atoms with Crippen LogP contribution in [-0.4, -0.2) is 23.8 Å². The first kappa shape index (κ1) is 14.0. The number of hydrogen-bond acceptors (Lipinski definition) is 3. The van der Waals surface area contributed by atoms with Crippen LogP contribution in [0.3, 0.4) is 0 Å². The number of carbonyl (C=O) groups excluding carboxylic acids is 1. The minimum atomic E-state index is -0.637. The van der Waals surface area contributed by atoms with Crippen molar-refractivity contribution < 1.29 is 14.0 Å². The fraction of sp³-hybridized carbons (Fsp3) is 0.500. The summed E-state index contributed by atoms with van der Waals surface area (Å²) in [5.41, 5.74) is 0.905. The molecule has 1 fully saturated rings. The Morgan fingerprint density at radius 2 is 2.00 bits per heavy atom. The standard InChI is InChI=1S/C16H19FN2O2/c17-13-9-5-4-8-12(13)14-10-15(21-19-14)16(20)18-11-6-2-1-3-7-11/h4-5,8-9,11,15H,1-3,6-7,10H2,(H,18,20)/t15-/m1/s1. The molecule has 4 nitrogen and oxygen atoms in total. The zero-order chi connectivity index (χ0) is 14.7. The second kappa shape index (κ2) is 6.24. The molecule has 1 saturated carbocycles. The largest absolute Gasteiger partial charge is 0.382 e. The smallest absolute Gasteiger partial charge is 0.264 e. The number of nitrogens with one attached hydrogen (secondary N) is 1. The Kier molecular flexibility index (Phi) is 4.18. The molecule has 0 radical (unpaired) electrons. The van der Waals surface area contributed by atoms with E-state index in [1.54, 1.807) is 18.2 Å². The fourth-order valence-corrected chi connectivity index (χ4v) is 2.91. The molecule has 1 aliphatic carbocycles. The molecule has 0 unspecified atom stereocenters. The second-order valence-electron chi connectivity index (χ2n) is 5.66. The van der Waals surface area contributed by atoms with Crippen LogP contribution in [0.25, 0.3) is 0 Å². The third kappa shape index (κ3) is 3.23. The van der Waals surface area contributed by atoms with Gasteiger partial charge >= 0.3 is 0 Å². The first-order chi connectivity index (χ1) is 10.2. The Hall–Kier alpha value is -1.91. The Balaban J connectivity index is 1.58. The first-order valence-electron chi connectivity index (χ1n) is 7.52. The average Bonchev–Trinajstić information content (AvgIpc) is 2.98. The third-order valence-corrected chi connectivity index (χ3v) is 4.10. The van der Waals surface area contributed by atoms with Gasteiger partial charge in [-0.25, -0.2) is 4.39 Å². The molecule has 1 N–H and O–H groups in total. The van der Waals surface area contributed by atoms with Gasteiger partial charge in [-0.1, -0.05) is 42.6 Å². The number of rotatable bonds is 3. The van der Waals surface area contributed by atoms with Gasteiger partial charge in [-0.3, -0.25) is 4.79 Å². The number of carbonyl (C=O) groups is 1. The topological polar surface area (TPSA) is 50.7 Å². The minimum Gasteiger partial charge on any atom is -0.382 e. The highest BCUT2D eigenvalue weighted by atomic mass is 19.1. The third-order valence-electron chi connectivity index (χ3n) is 4.10. The van der Waals surface area contributed by atoms with Crippen LogP contribution in [-0.2, 0) is 9.63 Å². The number of hydrogen-bond donors (Lipinski definition) is 1. The fourth-order valence-electron chi connectivity index (χ4n) is 2.91. The SMILES string of the molecule is O=C(NC1CCCCC1)[C@H]1CC(c2ccccc2F)=NO1. The summed E-state index contributed by atoms with van der Waals surface area (Å²) in [6.07, 6.45) is 5.30. The van der Waals surface area contributed by atoms with Crippen molar-refractivity contribution >= 4 is 11.6 Å². The van der Waals surface area contributed by atoms with Gasteiger partial charge in [-0.15, -0.1) is 0 Å². The van der Waals surface area contributed by atoms with Crippen LogP contribution in [0.4, 0.5) is 4.39 Å². The van der Waals surface area contributed by atoms with E-state index in [-0.39, 0.29) is 17.8 Å². The lowest BCUT2D eigenvalue weighted by Crippen LogP contribution is -2.42. The monoisotopic (exact) mass is 290 g/mol. The summed E-state index contributed by atoms with van der Waals surface area (Å²) in [6, 6.07) is 6.65. The van der Waals surface area contributed by atoms with Crippen molar-refractivity contribution in [1.82, 2.24) is 5.32 Å². The maximum absolute atomic E-state index is 13.7. The van der Waals surface area contributed by atoms with Crippen LogP contribution in [0.1, 0.15) is 44.1 Å². The molecule has 1 aliphatic heterocycles. The molecular weight excluding hydrogens is 271 g/mol. The molecule has 1 amide bonds. The zero-order valence-electron chi connectivity index (χ0n) is 11.8. The quantitative estimate of drug-likeness (QED) is 0.930. The molecule has 1 heterocycles. The van der Waals surface area contributed by atoms with Gasteiger partial charge in [0.1, 0.15) is 5.82 Å². The lowest BCUT2D eigenvalue weighted by molar-refractivity contribution is -0.132. The summed E-state index contributed by atoms with van der Waals surface area (Å²) in [5, 5.41) is 6.89. The van der Waals surface area contributed by atoms with E-state index < -0.39 is 6.10 Å². The lowest BCUT2D eigenvalue weighted by Gasteiger charge is -2.23. The van der Waals surface area contributed by atoms with Gasteiger partial charge < -0.3 is 10.2 Å². The molecule has 2 aliphatic rings. The maximum atomic E-state index is 13.7. The molecule has 0 spiro atoms. The van der Waals surface area contributed by atoms with Crippen LogP contribution < -0.4 is 5.32 Å². The molecule has 0 bridgehead atoms. The van der Waals surface area contributed by atoms with Crippen LogP contribution in [0.2, 0.25) is 0 Å². The molecule has 1 atom stereocenters. The molecule has 0 saturated heterocycles. The summed E-state index contributed by atoms with van der Waals surface area (Å²) in [6.45, 7) is 0. The lowest BCUT2D eigenvalue weighted by atomic mass is 9.95. The van der Waals surface area contributed by atoms with Gasteiger partial charge in [-0.05, 0) is 18.9 Å². The van der Waals surface area contributed by atoms with E-state index in [1.807, 2.05) is 0 Å². The van der Waals surface area contributed by atoms with E-state index >= 15 is 0 Å². The van der Waals surface area contributed by atoms with E-state index in [2.05, 4.69) is 10.5 Å². The van der Waals surface area contributed by atoms with E-state index in [0.29, 0.717) is 17.7 Å². The molecular formula is C16H19FN2O2. The summed E-state index contributed by atoms with van der Waals surface area (Å²) in [4.78, 5) is 17.4. The van der Waals surface area contributed by atoms with Gasteiger partial charge in [0.2, 0.25) is 6.10 Å². The van der Waals surface area contributed by atoms with Crippen molar-refractivity contribution in [2.75, 3.05) is 0 Å². The summed E-state index contributed by atoms with van der Waals surface area (Å²) < 4.78 is 13.7. The predicted molar refractivity (Wildman–Crippen MR) is 77.4 cm³/mol. The Morgan fingerprint density at radius 1 is 1.24 bits per heavy atom. The van der Waals surface area contributed by atoms with E-state index in [0.717, 1.165) is 25.7 Å². The van der Waals surface area contributed by atoms with Gasteiger partial charge in [0, 0.05) is 18.0 Å². The highest BCUT2D eigenvalue weighted by molar-refractivity contribution is 6.04.